The Morgan fingerprint density at radius 1 is 1.17 bits per heavy atom. The van der Waals surface area contributed by atoms with Gasteiger partial charge in [-0.1, -0.05) is 15.9 Å². The molecule has 0 fully saturated rings. The summed E-state index contributed by atoms with van der Waals surface area (Å²) < 4.78 is 7.19. The second kappa shape index (κ2) is 5.84. The molecular weight excluding hydrogens is 407 g/mol. The lowest BCUT2D eigenvalue weighted by Gasteiger charge is -2.08. The molecule has 0 aromatic heterocycles. The Hall–Kier alpha value is -0.880. The molecule has 0 aliphatic carbocycles. The van der Waals surface area contributed by atoms with E-state index >= 15 is 0 Å². The Kier molecular flexibility index (Phi) is 4.40. The van der Waals surface area contributed by atoms with Crippen molar-refractivity contribution in [2.45, 2.75) is 0 Å². The number of hydrogen-bond donors (Lipinski definition) is 0. The van der Waals surface area contributed by atoms with Crippen molar-refractivity contribution < 1.29 is 9.53 Å². The van der Waals surface area contributed by atoms with E-state index in [0.717, 1.165) is 8.04 Å². The van der Waals surface area contributed by atoms with Crippen molar-refractivity contribution in [2.75, 3.05) is 7.11 Å². The molecule has 0 saturated carbocycles. The van der Waals surface area contributed by atoms with E-state index in [1.54, 1.807) is 19.2 Å². The van der Waals surface area contributed by atoms with E-state index in [1.165, 1.54) is 0 Å². The quantitative estimate of drug-likeness (QED) is 0.551. The third-order valence-electron chi connectivity index (χ3n) is 2.51. The molecule has 0 unspecified atom stereocenters. The van der Waals surface area contributed by atoms with Crippen LogP contribution in [0, 0.1) is 3.57 Å². The van der Waals surface area contributed by atoms with Crippen LogP contribution in [0.5, 0.6) is 5.75 Å². The summed E-state index contributed by atoms with van der Waals surface area (Å²) in [6.07, 6.45) is 0. The highest BCUT2D eigenvalue weighted by atomic mass is 127. The van der Waals surface area contributed by atoms with Crippen LogP contribution in [0.2, 0.25) is 0 Å². The fourth-order valence-electron chi connectivity index (χ4n) is 1.61. The maximum Gasteiger partial charge on any atom is 0.196 e. The van der Waals surface area contributed by atoms with Crippen molar-refractivity contribution in [1.29, 1.82) is 0 Å². The van der Waals surface area contributed by atoms with Crippen LogP contribution in [0.25, 0.3) is 0 Å². The van der Waals surface area contributed by atoms with Gasteiger partial charge in [-0.05, 0) is 65.1 Å². The van der Waals surface area contributed by atoms with Crippen LogP contribution in [0.1, 0.15) is 15.9 Å². The summed E-state index contributed by atoms with van der Waals surface area (Å²) in [5.41, 5.74) is 1.24. The lowest BCUT2D eigenvalue weighted by Crippen LogP contribution is -2.04. The molecule has 2 nitrogen and oxygen atoms in total. The number of benzene rings is 2. The Bertz CT molecular complexity index is 579. The molecule has 0 N–H and O–H groups in total. The summed E-state index contributed by atoms with van der Waals surface area (Å²) in [4.78, 5) is 12.4. The molecule has 0 aliphatic rings. The predicted octanol–water partition coefficient (Wildman–Crippen LogP) is 4.29. The molecule has 2 aromatic rings. The number of carbonyl (C=O) groups is 1. The highest BCUT2D eigenvalue weighted by Crippen LogP contribution is 2.24. The largest absolute Gasteiger partial charge is 0.496 e. The zero-order valence-corrected chi connectivity index (χ0v) is 13.4. The Labute approximate surface area is 128 Å². The maximum atomic E-state index is 12.4. The van der Waals surface area contributed by atoms with Crippen LogP contribution in [0.4, 0.5) is 0 Å². The fourth-order valence-corrected chi connectivity index (χ4v) is 2.37. The molecular formula is C14H10BrIO2. The minimum atomic E-state index is -0.0298. The predicted molar refractivity (Wildman–Crippen MR) is 83.3 cm³/mol. The second-order valence-electron chi connectivity index (χ2n) is 3.68. The highest BCUT2D eigenvalue weighted by Gasteiger charge is 2.14. The van der Waals surface area contributed by atoms with E-state index in [2.05, 4.69) is 38.5 Å². The first-order chi connectivity index (χ1) is 8.61. The molecule has 0 saturated heterocycles. The molecule has 0 radical (unpaired) electrons. The summed E-state index contributed by atoms with van der Waals surface area (Å²) in [5, 5.41) is 0. The van der Waals surface area contributed by atoms with Crippen molar-refractivity contribution in [3.05, 3.63) is 61.6 Å². The van der Waals surface area contributed by atoms with Gasteiger partial charge in [0.25, 0.3) is 0 Å². The van der Waals surface area contributed by atoms with Gasteiger partial charge in [-0.3, -0.25) is 4.79 Å². The van der Waals surface area contributed by atoms with Crippen LogP contribution in [-0.4, -0.2) is 12.9 Å². The second-order valence-corrected chi connectivity index (χ2v) is 5.84. The first kappa shape index (κ1) is 13.5. The van der Waals surface area contributed by atoms with Gasteiger partial charge in [-0.25, -0.2) is 0 Å². The third kappa shape index (κ3) is 2.92. The lowest BCUT2D eigenvalue weighted by molar-refractivity contribution is 0.103. The molecule has 0 heterocycles. The van der Waals surface area contributed by atoms with Gasteiger partial charge < -0.3 is 4.74 Å². The average Bonchev–Trinajstić information content (AvgIpc) is 2.39. The van der Waals surface area contributed by atoms with Crippen LogP contribution < -0.4 is 4.74 Å². The standard InChI is InChI=1S/C14H10BrIO2/c1-18-13-7-6-11(16)8-12(13)14(17)9-2-4-10(15)5-3-9/h2-8H,1H3. The Balaban J connectivity index is 2.45. The van der Waals surface area contributed by atoms with Crippen LogP contribution in [-0.2, 0) is 0 Å². The van der Waals surface area contributed by atoms with Crippen molar-refractivity contribution in [2.24, 2.45) is 0 Å². The molecule has 0 amide bonds. The average molecular weight is 417 g/mol. The molecule has 0 bridgehead atoms. The van der Waals surface area contributed by atoms with Crippen LogP contribution >= 0.6 is 38.5 Å². The van der Waals surface area contributed by atoms with E-state index in [0.29, 0.717) is 16.9 Å². The van der Waals surface area contributed by atoms with Gasteiger partial charge in [0.05, 0.1) is 12.7 Å². The number of ketones is 1. The first-order valence-corrected chi connectivity index (χ1v) is 7.13. The molecule has 2 aromatic carbocycles. The van der Waals surface area contributed by atoms with Gasteiger partial charge in [0.1, 0.15) is 5.75 Å². The topological polar surface area (TPSA) is 26.3 Å². The first-order valence-electron chi connectivity index (χ1n) is 5.25. The minimum Gasteiger partial charge on any atom is -0.496 e. The number of rotatable bonds is 3. The van der Waals surface area contributed by atoms with E-state index in [9.17, 15) is 4.79 Å². The van der Waals surface area contributed by atoms with E-state index in [-0.39, 0.29) is 5.78 Å². The normalized spacial score (nSPS) is 10.2. The van der Waals surface area contributed by atoms with Crippen LogP contribution in [0.3, 0.4) is 0 Å². The summed E-state index contributed by atoms with van der Waals surface area (Å²) >= 11 is 5.53. The summed E-state index contributed by atoms with van der Waals surface area (Å²) in [5.74, 6) is 0.571. The van der Waals surface area contributed by atoms with Crippen molar-refractivity contribution in [3.63, 3.8) is 0 Å². The zero-order chi connectivity index (χ0) is 13.1. The smallest absolute Gasteiger partial charge is 0.196 e. The van der Waals surface area contributed by atoms with E-state index in [4.69, 9.17) is 4.74 Å². The Morgan fingerprint density at radius 3 is 2.44 bits per heavy atom. The Morgan fingerprint density at radius 2 is 1.83 bits per heavy atom. The van der Waals surface area contributed by atoms with Crippen molar-refractivity contribution >= 4 is 44.3 Å². The van der Waals surface area contributed by atoms with E-state index in [1.807, 2.05) is 30.3 Å². The van der Waals surface area contributed by atoms with Gasteiger partial charge in [0.15, 0.2) is 5.78 Å². The van der Waals surface area contributed by atoms with Gasteiger partial charge in [-0.2, -0.15) is 0 Å². The van der Waals surface area contributed by atoms with Crippen LogP contribution in [0.15, 0.2) is 46.9 Å². The molecule has 0 aliphatic heterocycles. The number of methoxy groups -OCH3 is 1. The number of hydrogen-bond acceptors (Lipinski definition) is 2. The third-order valence-corrected chi connectivity index (χ3v) is 3.71. The monoisotopic (exact) mass is 416 g/mol. The van der Waals surface area contributed by atoms with E-state index < -0.39 is 0 Å². The number of ether oxygens (including phenoxy) is 1. The molecule has 18 heavy (non-hydrogen) atoms. The summed E-state index contributed by atoms with van der Waals surface area (Å²) in [6, 6.07) is 12.9. The van der Waals surface area contributed by atoms with Gasteiger partial charge in [0.2, 0.25) is 0 Å². The molecule has 0 atom stereocenters. The number of carbonyl (C=O) groups excluding carboxylic acids is 1. The van der Waals surface area contributed by atoms with Crippen molar-refractivity contribution in [1.82, 2.24) is 0 Å². The molecule has 4 heteroatoms. The molecule has 92 valence electrons. The SMILES string of the molecule is COc1ccc(I)cc1C(=O)c1ccc(Br)cc1. The maximum absolute atomic E-state index is 12.4. The highest BCUT2D eigenvalue weighted by molar-refractivity contribution is 14.1. The zero-order valence-electron chi connectivity index (χ0n) is 9.61. The summed E-state index contributed by atoms with van der Waals surface area (Å²) in [7, 11) is 1.57. The minimum absolute atomic E-state index is 0.0298. The lowest BCUT2D eigenvalue weighted by atomic mass is 10.0. The van der Waals surface area contributed by atoms with Crippen molar-refractivity contribution in [3.8, 4) is 5.75 Å². The number of halogens is 2. The van der Waals surface area contributed by atoms with Gasteiger partial charge in [0, 0.05) is 13.6 Å². The fraction of sp³-hybridized carbons (Fsp3) is 0.0714. The van der Waals surface area contributed by atoms with Gasteiger partial charge >= 0.3 is 0 Å². The molecule has 0 spiro atoms. The summed E-state index contributed by atoms with van der Waals surface area (Å²) in [6.45, 7) is 0. The molecule has 2 rings (SSSR count). The van der Waals surface area contributed by atoms with Gasteiger partial charge in [-0.15, -0.1) is 0 Å².